The number of benzene rings is 2. The van der Waals surface area contributed by atoms with Crippen molar-refractivity contribution < 1.29 is 23.5 Å². The highest BCUT2D eigenvalue weighted by molar-refractivity contribution is 6.31. The maximum atomic E-state index is 12.6. The summed E-state index contributed by atoms with van der Waals surface area (Å²) in [6.45, 7) is 0.997. The Balaban J connectivity index is 1.58. The first-order valence-corrected chi connectivity index (χ1v) is 10.0. The number of aryl methyl sites for hydroxylation is 1. The van der Waals surface area contributed by atoms with Crippen LogP contribution in [0.1, 0.15) is 12.0 Å². The van der Waals surface area contributed by atoms with Crippen molar-refractivity contribution >= 4 is 40.1 Å². The number of anilines is 1. The van der Waals surface area contributed by atoms with E-state index in [0.29, 0.717) is 27.4 Å². The number of nitrogens with zero attached hydrogens (tertiary/aromatic N) is 2. The maximum absolute atomic E-state index is 12.6. The summed E-state index contributed by atoms with van der Waals surface area (Å²) in [4.78, 5) is 37.4. The van der Waals surface area contributed by atoms with Crippen LogP contribution in [0, 0.1) is 18.3 Å². The zero-order valence-corrected chi connectivity index (χ0v) is 17.9. The molecule has 0 aliphatic heterocycles. The van der Waals surface area contributed by atoms with Gasteiger partial charge < -0.3 is 18.8 Å². The van der Waals surface area contributed by atoms with Crippen molar-refractivity contribution in [1.82, 2.24) is 0 Å². The molecule has 0 saturated carbocycles. The summed E-state index contributed by atoms with van der Waals surface area (Å²) in [5.74, 6) is -0.925. The van der Waals surface area contributed by atoms with Crippen LogP contribution in [-0.2, 0) is 14.3 Å². The Morgan fingerprint density at radius 2 is 1.91 bits per heavy atom. The minimum Gasteiger partial charge on any atom is -0.482 e. The molecule has 0 fully saturated rings. The van der Waals surface area contributed by atoms with Gasteiger partial charge in [-0.15, -0.1) is 0 Å². The zero-order valence-electron chi connectivity index (χ0n) is 17.2. The second-order valence-electron chi connectivity index (χ2n) is 6.79. The van der Waals surface area contributed by atoms with Crippen LogP contribution in [0.3, 0.4) is 0 Å². The van der Waals surface area contributed by atoms with E-state index in [4.69, 9.17) is 30.8 Å². The van der Waals surface area contributed by atoms with Gasteiger partial charge in [-0.1, -0.05) is 11.6 Å². The number of rotatable bonds is 8. The van der Waals surface area contributed by atoms with Gasteiger partial charge in [0.1, 0.15) is 11.3 Å². The number of carbonyl (C=O) groups excluding carboxylic acids is 2. The number of nitriles is 1. The molecule has 0 radical (unpaired) electrons. The van der Waals surface area contributed by atoms with Gasteiger partial charge in [-0.3, -0.25) is 4.79 Å². The zero-order chi connectivity index (χ0) is 23.1. The van der Waals surface area contributed by atoms with Crippen molar-refractivity contribution in [3.05, 3.63) is 69.5 Å². The molecule has 1 aromatic heterocycles. The van der Waals surface area contributed by atoms with Crippen LogP contribution in [0.2, 0.25) is 5.02 Å². The molecule has 32 heavy (non-hydrogen) atoms. The predicted octanol–water partition coefficient (Wildman–Crippen LogP) is 3.62. The summed E-state index contributed by atoms with van der Waals surface area (Å²) in [5.41, 5.74) is 1.15. The van der Waals surface area contributed by atoms with Crippen molar-refractivity contribution in [2.45, 2.75) is 13.3 Å². The SMILES string of the molecule is Cc1cc(N(CCC#N)C(=O)COC(=O)COc2ccc3ccc(=O)oc3c2)ccc1Cl. The number of hydrogen-bond acceptors (Lipinski definition) is 7. The first-order valence-electron chi connectivity index (χ1n) is 9.63. The van der Waals surface area contributed by atoms with Crippen LogP contribution in [0.25, 0.3) is 11.0 Å². The number of carbonyl (C=O) groups is 2. The van der Waals surface area contributed by atoms with Crippen molar-refractivity contribution in [3.8, 4) is 11.8 Å². The molecule has 0 bridgehead atoms. The molecule has 0 aliphatic rings. The summed E-state index contributed by atoms with van der Waals surface area (Å²) < 4.78 is 15.5. The first-order chi connectivity index (χ1) is 15.4. The third-order valence-electron chi connectivity index (χ3n) is 4.51. The number of amides is 1. The summed E-state index contributed by atoms with van der Waals surface area (Å²) in [7, 11) is 0. The van der Waals surface area contributed by atoms with Gasteiger partial charge >= 0.3 is 11.6 Å². The third-order valence-corrected chi connectivity index (χ3v) is 4.93. The second-order valence-corrected chi connectivity index (χ2v) is 7.20. The van der Waals surface area contributed by atoms with E-state index in [1.165, 1.54) is 17.0 Å². The van der Waals surface area contributed by atoms with Crippen LogP contribution in [0.4, 0.5) is 5.69 Å². The molecule has 0 aliphatic carbocycles. The van der Waals surface area contributed by atoms with Crippen LogP contribution in [0.15, 0.2) is 57.7 Å². The lowest BCUT2D eigenvalue weighted by molar-refractivity contribution is -0.149. The predicted molar refractivity (Wildman–Crippen MR) is 118 cm³/mol. The van der Waals surface area contributed by atoms with E-state index in [1.807, 2.05) is 6.07 Å². The largest absolute Gasteiger partial charge is 0.482 e. The van der Waals surface area contributed by atoms with Gasteiger partial charge in [0, 0.05) is 34.8 Å². The molecule has 0 saturated heterocycles. The number of hydrogen-bond donors (Lipinski definition) is 0. The molecule has 0 unspecified atom stereocenters. The highest BCUT2D eigenvalue weighted by Crippen LogP contribution is 2.23. The molecule has 2 aromatic carbocycles. The summed E-state index contributed by atoms with van der Waals surface area (Å²) in [6, 6.07) is 14.7. The number of fused-ring (bicyclic) bond motifs is 1. The third kappa shape index (κ3) is 5.86. The lowest BCUT2D eigenvalue weighted by Gasteiger charge is -2.22. The van der Waals surface area contributed by atoms with Crippen molar-refractivity contribution in [3.63, 3.8) is 0 Å². The standard InChI is InChI=1S/C23H19ClN2O6/c1-15-11-17(5-7-19(15)24)26(10-2-9-25)21(27)13-31-23(29)14-30-18-6-3-16-4-8-22(28)32-20(16)12-18/h3-8,11-12H,2,10,13-14H2,1H3. The first kappa shape index (κ1) is 22.8. The van der Waals surface area contributed by atoms with Crippen LogP contribution in [-0.4, -0.2) is 31.6 Å². The lowest BCUT2D eigenvalue weighted by atomic mass is 10.2. The molecule has 164 valence electrons. The van der Waals surface area contributed by atoms with Crippen molar-refractivity contribution in [2.24, 2.45) is 0 Å². The molecule has 0 N–H and O–H groups in total. The highest BCUT2D eigenvalue weighted by Gasteiger charge is 2.18. The van der Waals surface area contributed by atoms with E-state index >= 15 is 0 Å². The average Bonchev–Trinajstić information content (AvgIpc) is 2.78. The molecule has 1 amide bonds. The Bertz CT molecular complexity index is 1250. The summed E-state index contributed by atoms with van der Waals surface area (Å²) >= 11 is 6.04. The van der Waals surface area contributed by atoms with Crippen LogP contribution in [0.5, 0.6) is 5.75 Å². The van der Waals surface area contributed by atoms with Crippen molar-refractivity contribution in [1.29, 1.82) is 5.26 Å². The monoisotopic (exact) mass is 454 g/mol. The normalized spacial score (nSPS) is 10.4. The minimum absolute atomic E-state index is 0.114. The van der Waals surface area contributed by atoms with Gasteiger partial charge in [0.2, 0.25) is 0 Å². The minimum atomic E-state index is -0.750. The van der Waals surface area contributed by atoms with Gasteiger partial charge in [-0.05, 0) is 48.9 Å². The molecule has 8 nitrogen and oxygen atoms in total. The maximum Gasteiger partial charge on any atom is 0.344 e. The van der Waals surface area contributed by atoms with E-state index in [2.05, 4.69) is 0 Å². The Labute approximate surface area is 188 Å². The molecule has 0 spiro atoms. The van der Waals surface area contributed by atoms with E-state index in [-0.39, 0.29) is 13.0 Å². The number of halogens is 1. The molecule has 1 heterocycles. The Kier molecular flexibility index (Phi) is 7.47. The Hall–Kier alpha value is -3.83. The fraction of sp³-hybridized carbons (Fsp3) is 0.217. The van der Waals surface area contributed by atoms with Gasteiger partial charge in [-0.2, -0.15) is 5.26 Å². The lowest BCUT2D eigenvalue weighted by Crippen LogP contribution is -2.36. The molecule has 3 rings (SSSR count). The van der Waals surface area contributed by atoms with Gasteiger partial charge in [0.25, 0.3) is 5.91 Å². The Morgan fingerprint density at radius 1 is 1.12 bits per heavy atom. The topological polar surface area (TPSA) is 110 Å². The van der Waals surface area contributed by atoms with Crippen LogP contribution < -0.4 is 15.3 Å². The van der Waals surface area contributed by atoms with E-state index < -0.39 is 30.7 Å². The Morgan fingerprint density at radius 3 is 2.66 bits per heavy atom. The molecule has 9 heteroatoms. The van der Waals surface area contributed by atoms with Gasteiger partial charge in [-0.25, -0.2) is 9.59 Å². The van der Waals surface area contributed by atoms with Gasteiger partial charge in [0.15, 0.2) is 13.2 Å². The number of ether oxygens (including phenoxy) is 2. The fourth-order valence-electron chi connectivity index (χ4n) is 2.89. The highest BCUT2D eigenvalue weighted by atomic mass is 35.5. The smallest absolute Gasteiger partial charge is 0.344 e. The van der Waals surface area contributed by atoms with Crippen molar-refractivity contribution in [2.75, 3.05) is 24.7 Å². The summed E-state index contributed by atoms with van der Waals surface area (Å²) in [6.07, 6.45) is 0.114. The quantitative estimate of drug-likeness (QED) is 0.377. The molecular weight excluding hydrogens is 436 g/mol. The van der Waals surface area contributed by atoms with E-state index in [0.717, 1.165) is 5.56 Å². The van der Waals surface area contributed by atoms with E-state index in [9.17, 15) is 14.4 Å². The number of esters is 1. The van der Waals surface area contributed by atoms with Gasteiger partial charge in [0.05, 0.1) is 12.5 Å². The summed E-state index contributed by atoms with van der Waals surface area (Å²) in [5, 5.41) is 10.1. The second kappa shape index (κ2) is 10.5. The molecular formula is C23H19ClN2O6. The molecule has 0 atom stereocenters. The average molecular weight is 455 g/mol. The fourth-order valence-corrected chi connectivity index (χ4v) is 3.01. The van der Waals surface area contributed by atoms with E-state index in [1.54, 1.807) is 43.3 Å². The molecule has 3 aromatic rings. The van der Waals surface area contributed by atoms with Crippen LogP contribution >= 0.6 is 11.6 Å².